The number of aliphatic imine (C=N–C) groups is 1. The number of benzene rings is 1. The molecule has 1 saturated heterocycles. The van der Waals surface area contributed by atoms with Crippen molar-refractivity contribution in [3.63, 3.8) is 0 Å². The number of hydrogen-bond donors (Lipinski definition) is 1. The maximum absolute atomic E-state index is 6.06. The number of pyridine rings is 1. The van der Waals surface area contributed by atoms with E-state index >= 15 is 0 Å². The third-order valence-corrected chi connectivity index (χ3v) is 3.92. The van der Waals surface area contributed by atoms with Gasteiger partial charge in [0.2, 0.25) is 5.88 Å². The van der Waals surface area contributed by atoms with Gasteiger partial charge in [0.1, 0.15) is 11.5 Å². The molecule has 0 aliphatic carbocycles. The fraction of sp³-hybridized carbons (Fsp3) is 0.368. The molecule has 0 amide bonds. The quantitative estimate of drug-likeness (QED) is 0.386. The van der Waals surface area contributed by atoms with E-state index in [9.17, 15) is 0 Å². The van der Waals surface area contributed by atoms with Gasteiger partial charge in [0.25, 0.3) is 0 Å². The highest BCUT2D eigenvalue weighted by Crippen LogP contribution is 2.23. The number of hydrogen-bond acceptors (Lipinski definition) is 5. The molecule has 1 aliphatic rings. The first kappa shape index (κ1) is 21.2. The van der Waals surface area contributed by atoms with Crippen molar-refractivity contribution in [2.75, 3.05) is 32.9 Å². The molecule has 2 heterocycles. The maximum atomic E-state index is 6.06. The zero-order valence-corrected chi connectivity index (χ0v) is 17.7. The third-order valence-electron chi connectivity index (χ3n) is 3.92. The Labute approximate surface area is 176 Å². The first-order valence-electron chi connectivity index (χ1n) is 8.73. The second-order valence-corrected chi connectivity index (χ2v) is 5.78. The van der Waals surface area contributed by atoms with Crippen molar-refractivity contribution in [3.05, 3.63) is 48.2 Å². The summed E-state index contributed by atoms with van der Waals surface area (Å²) >= 11 is 0. The predicted octanol–water partition coefficient (Wildman–Crippen LogP) is 3.04. The lowest BCUT2D eigenvalue weighted by Crippen LogP contribution is -2.44. The molecule has 2 aromatic rings. The largest absolute Gasteiger partial charge is 0.494 e. The van der Waals surface area contributed by atoms with E-state index < -0.39 is 0 Å². The molecule has 1 aromatic carbocycles. The van der Waals surface area contributed by atoms with E-state index in [1.807, 2.05) is 48.2 Å². The van der Waals surface area contributed by atoms with Gasteiger partial charge in [-0.3, -0.25) is 0 Å². The molecule has 0 unspecified atom stereocenters. The molecule has 0 radical (unpaired) electrons. The van der Waals surface area contributed by atoms with Gasteiger partial charge in [0.15, 0.2) is 5.96 Å². The molecular formula is C19H25IN4O3. The predicted molar refractivity (Wildman–Crippen MR) is 115 cm³/mol. The summed E-state index contributed by atoms with van der Waals surface area (Å²) in [6.07, 6.45) is 1.71. The van der Waals surface area contributed by atoms with Crippen molar-refractivity contribution in [2.24, 2.45) is 10.7 Å². The minimum absolute atomic E-state index is 0. The monoisotopic (exact) mass is 484 g/mol. The molecule has 27 heavy (non-hydrogen) atoms. The van der Waals surface area contributed by atoms with Gasteiger partial charge < -0.3 is 24.8 Å². The molecule has 3 rings (SSSR count). The topological polar surface area (TPSA) is 82.2 Å². The lowest BCUT2D eigenvalue weighted by molar-refractivity contribution is 0.0674. The third kappa shape index (κ3) is 6.55. The fourth-order valence-corrected chi connectivity index (χ4v) is 2.56. The molecule has 0 spiro atoms. The van der Waals surface area contributed by atoms with Crippen LogP contribution in [-0.2, 0) is 11.3 Å². The van der Waals surface area contributed by atoms with Crippen LogP contribution in [-0.4, -0.2) is 48.8 Å². The average Bonchev–Trinajstić information content (AvgIpc) is 2.69. The highest BCUT2D eigenvalue weighted by molar-refractivity contribution is 14.0. The molecule has 7 nitrogen and oxygen atoms in total. The van der Waals surface area contributed by atoms with Gasteiger partial charge in [0, 0.05) is 25.4 Å². The molecule has 8 heteroatoms. The Morgan fingerprint density at radius 1 is 1.19 bits per heavy atom. The van der Waals surface area contributed by atoms with Crippen LogP contribution in [0.15, 0.2) is 47.6 Å². The normalized spacial score (nSPS) is 14.4. The summed E-state index contributed by atoms with van der Waals surface area (Å²) in [6.45, 7) is 5.99. The second-order valence-electron chi connectivity index (χ2n) is 5.78. The van der Waals surface area contributed by atoms with Crippen LogP contribution in [0.3, 0.4) is 0 Å². The molecule has 0 atom stereocenters. The average molecular weight is 484 g/mol. The van der Waals surface area contributed by atoms with Crippen molar-refractivity contribution in [3.8, 4) is 17.4 Å². The van der Waals surface area contributed by atoms with E-state index in [-0.39, 0.29) is 24.0 Å². The van der Waals surface area contributed by atoms with E-state index in [1.54, 1.807) is 6.20 Å². The second kappa shape index (κ2) is 10.9. The van der Waals surface area contributed by atoms with E-state index in [0.717, 1.165) is 24.4 Å². The summed E-state index contributed by atoms with van der Waals surface area (Å²) in [6, 6.07) is 11.2. The molecule has 2 N–H and O–H groups in total. The smallest absolute Gasteiger partial charge is 0.219 e. The number of nitrogens with two attached hydrogens (primary N) is 1. The van der Waals surface area contributed by atoms with E-state index in [4.69, 9.17) is 19.9 Å². The molecule has 0 saturated carbocycles. The van der Waals surface area contributed by atoms with E-state index in [2.05, 4.69) is 9.98 Å². The number of rotatable bonds is 6. The van der Waals surface area contributed by atoms with Crippen LogP contribution in [0.5, 0.6) is 17.4 Å². The summed E-state index contributed by atoms with van der Waals surface area (Å²) in [5.41, 5.74) is 7.04. The Hall–Kier alpha value is -2.07. The van der Waals surface area contributed by atoms with Crippen LogP contribution in [0, 0.1) is 0 Å². The van der Waals surface area contributed by atoms with Crippen molar-refractivity contribution in [1.29, 1.82) is 0 Å². The molecule has 1 aromatic heterocycles. The van der Waals surface area contributed by atoms with Crippen LogP contribution in [0.1, 0.15) is 12.5 Å². The summed E-state index contributed by atoms with van der Waals surface area (Å²) in [5, 5.41) is 0. The summed E-state index contributed by atoms with van der Waals surface area (Å²) in [7, 11) is 0. The molecular weight excluding hydrogens is 459 g/mol. The highest BCUT2D eigenvalue weighted by Gasteiger charge is 2.12. The minimum Gasteiger partial charge on any atom is -0.494 e. The summed E-state index contributed by atoms with van der Waals surface area (Å²) in [4.78, 5) is 10.7. The lowest BCUT2D eigenvalue weighted by atomic mass is 10.2. The Bertz CT molecular complexity index is 734. The standard InChI is InChI=1S/C19H24N4O3.HI/c1-2-25-16-3-5-17(6-4-16)26-18-13-15(7-8-21-18)14-22-19(20)23-9-11-24-12-10-23;/h3-8,13H,2,9-12,14H2,1H3,(H2,20,22);1H. The van der Waals surface area contributed by atoms with Crippen LogP contribution in [0.2, 0.25) is 0 Å². The fourth-order valence-electron chi connectivity index (χ4n) is 2.56. The van der Waals surface area contributed by atoms with Gasteiger partial charge in [-0.05, 0) is 42.8 Å². The first-order chi connectivity index (χ1) is 12.7. The molecule has 146 valence electrons. The van der Waals surface area contributed by atoms with E-state index in [0.29, 0.717) is 44.0 Å². The number of halogens is 1. The number of aromatic nitrogens is 1. The Morgan fingerprint density at radius 2 is 1.89 bits per heavy atom. The van der Waals surface area contributed by atoms with Crippen LogP contribution < -0.4 is 15.2 Å². The van der Waals surface area contributed by atoms with Crippen molar-refractivity contribution in [2.45, 2.75) is 13.5 Å². The number of guanidine groups is 1. The highest BCUT2D eigenvalue weighted by atomic mass is 127. The van der Waals surface area contributed by atoms with Gasteiger partial charge in [-0.1, -0.05) is 0 Å². The molecule has 1 fully saturated rings. The molecule has 1 aliphatic heterocycles. The van der Waals surface area contributed by atoms with Crippen molar-refractivity contribution >= 4 is 29.9 Å². The summed E-state index contributed by atoms with van der Waals surface area (Å²) in [5.74, 6) is 2.58. The van der Waals surface area contributed by atoms with Gasteiger partial charge >= 0.3 is 0 Å². The Morgan fingerprint density at radius 3 is 2.59 bits per heavy atom. The van der Waals surface area contributed by atoms with E-state index in [1.165, 1.54) is 0 Å². The molecule has 0 bridgehead atoms. The number of nitrogens with zero attached hydrogens (tertiary/aromatic N) is 3. The number of ether oxygens (including phenoxy) is 3. The Balaban J connectivity index is 0.00000261. The minimum atomic E-state index is 0. The Kier molecular flexibility index (Phi) is 8.59. The van der Waals surface area contributed by atoms with Crippen molar-refractivity contribution in [1.82, 2.24) is 9.88 Å². The summed E-state index contributed by atoms with van der Waals surface area (Å²) < 4.78 is 16.5. The number of morpholine rings is 1. The van der Waals surface area contributed by atoms with Gasteiger partial charge in [-0.15, -0.1) is 24.0 Å². The lowest BCUT2D eigenvalue weighted by Gasteiger charge is -2.27. The van der Waals surface area contributed by atoms with Crippen molar-refractivity contribution < 1.29 is 14.2 Å². The van der Waals surface area contributed by atoms with Crippen LogP contribution >= 0.6 is 24.0 Å². The van der Waals surface area contributed by atoms with Crippen LogP contribution in [0.4, 0.5) is 0 Å². The zero-order chi connectivity index (χ0) is 18.2. The van der Waals surface area contributed by atoms with Gasteiger partial charge in [-0.25, -0.2) is 9.98 Å². The van der Waals surface area contributed by atoms with Gasteiger partial charge in [-0.2, -0.15) is 0 Å². The SMILES string of the molecule is CCOc1ccc(Oc2cc(CN=C(N)N3CCOCC3)ccn2)cc1.I. The van der Waals surface area contributed by atoms with Gasteiger partial charge in [0.05, 0.1) is 26.4 Å². The van der Waals surface area contributed by atoms with Crippen LogP contribution in [0.25, 0.3) is 0 Å². The first-order valence-corrected chi connectivity index (χ1v) is 8.73. The zero-order valence-electron chi connectivity index (χ0n) is 15.3. The maximum Gasteiger partial charge on any atom is 0.219 e.